The number of furan rings is 3. The summed E-state index contributed by atoms with van der Waals surface area (Å²) < 4.78 is 25.1. The Labute approximate surface area is 719 Å². The van der Waals surface area contributed by atoms with E-state index in [1.807, 2.05) is 236 Å². The Morgan fingerprint density at radius 3 is 1.07 bits per heavy atom. The highest BCUT2D eigenvalue weighted by Gasteiger charge is 2.38. The number of hydrogen-bond acceptors (Lipinski definition) is 17. The zero-order valence-corrected chi connectivity index (χ0v) is 74.0. The van der Waals surface area contributed by atoms with Gasteiger partial charge in [0.1, 0.15) is 50.8 Å². The summed E-state index contributed by atoms with van der Waals surface area (Å²) in [5.74, 6) is 0.995. The number of aryl methyl sites for hydroxylation is 5. The van der Waals surface area contributed by atoms with E-state index in [2.05, 4.69) is 45.7 Å². The van der Waals surface area contributed by atoms with E-state index < -0.39 is 18.1 Å². The Morgan fingerprint density at radius 2 is 0.739 bits per heavy atom. The van der Waals surface area contributed by atoms with Crippen LogP contribution in [0.15, 0.2) is 217 Å². The van der Waals surface area contributed by atoms with Crippen LogP contribution in [0.25, 0.3) is 66.2 Å². The summed E-state index contributed by atoms with van der Waals surface area (Å²) in [7, 11) is 0. The molecule has 0 aliphatic rings. The maximum absolute atomic E-state index is 14.2. The second-order valence-electron chi connectivity index (χ2n) is 31.2. The Kier molecular flexibility index (Phi) is 27.5. The van der Waals surface area contributed by atoms with E-state index in [4.69, 9.17) is 57.0 Å². The predicted octanol–water partition coefficient (Wildman–Crippen LogP) is 19.6. The number of benzene rings is 7. The van der Waals surface area contributed by atoms with Crippen LogP contribution >= 0.6 is 66.1 Å². The molecule has 0 saturated heterocycles. The molecular weight excluding hydrogens is 1690 g/mol. The number of carbonyl (C=O) groups is 3. The van der Waals surface area contributed by atoms with Gasteiger partial charge in [0.2, 0.25) is 16.7 Å². The lowest BCUT2D eigenvalue weighted by molar-refractivity contribution is 0.0596. The molecule has 6 N–H and O–H groups in total. The first-order valence-corrected chi connectivity index (χ1v) is 43.5. The van der Waals surface area contributed by atoms with Crippen molar-refractivity contribution in [2.24, 2.45) is 35.0 Å². The Bertz CT molecular complexity index is 6390. The van der Waals surface area contributed by atoms with E-state index in [-0.39, 0.29) is 82.0 Å². The molecule has 0 aliphatic carbocycles. The molecule has 616 valence electrons. The number of thiophene rings is 2. The molecule has 15 aromatic rings. The van der Waals surface area contributed by atoms with Gasteiger partial charge >= 0.3 is 0 Å². The zero-order valence-electron chi connectivity index (χ0n) is 68.4. The van der Waals surface area contributed by atoms with E-state index in [1.165, 1.54) is 0 Å². The molecule has 8 aromatic heterocycles. The first kappa shape index (κ1) is 86.4. The highest BCUT2D eigenvalue weighted by Crippen LogP contribution is 2.39. The Hall–Kier alpha value is -10.5. The van der Waals surface area contributed by atoms with Crippen molar-refractivity contribution in [3.8, 4) is 0 Å². The molecule has 21 nitrogen and oxygen atoms in total. The van der Waals surface area contributed by atoms with Crippen molar-refractivity contribution in [1.82, 2.24) is 43.4 Å². The van der Waals surface area contributed by atoms with Crippen LogP contribution in [0.2, 0.25) is 5.02 Å². The van der Waals surface area contributed by atoms with Gasteiger partial charge in [-0.05, 0) is 219 Å². The fraction of sp³-hybridized carbons (Fsp3) is 0.301. The van der Waals surface area contributed by atoms with Crippen LogP contribution in [0.1, 0.15) is 164 Å². The number of hydrogen-bond donors (Lipinski definition) is 3. The summed E-state index contributed by atoms with van der Waals surface area (Å²) >= 11 is 16.5. The molecule has 3 atom stereocenters. The molecule has 3 unspecified atom stereocenters. The number of nitrogens with zero attached hydrogens (tertiary/aromatic N) is 9. The van der Waals surface area contributed by atoms with Crippen molar-refractivity contribution < 1.29 is 27.6 Å². The monoisotopic (exact) mass is 1780 g/mol. The van der Waals surface area contributed by atoms with Crippen molar-refractivity contribution in [2.45, 2.75) is 127 Å². The third-order valence-electron chi connectivity index (χ3n) is 21.1. The number of nitrogens with two attached hydrogens (primary N) is 3. The summed E-state index contributed by atoms with van der Waals surface area (Å²) in [6.07, 6.45) is 1.23. The van der Waals surface area contributed by atoms with Gasteiger partial charge in [-0.25, -0.2) is 15.0 Å². The van der Waals surface area contributed by atoms with Gasteiger partial charge in [0.05, 0.1) is 45.3 Å². The zero-order chi connectivity index (χ0) is 84.8. The molecule has 0 spiro atoms. The van der Waals surface area contributed by atoms with Crippen LogP contribution in [0.4, 0.5) is 0 Å². The molecule has 0 bridgehead atoms. The molecule has 0 saturated carbocycles. The quantitative estimate of drug-likeness (QED) is 0.0454. The molecule has 26 heteroatoms. The van der Waals surface area contributed by atoms with Gasteiger partial charge in [0, 0.05) is 73.8 Å². The van der Waals surface area contributed by atoms with Gasteiger partial charge in [0.25, 0.3) is 34.4 Å². The summed E-state index contributed by atoms with van der Waals surface area (Å²) in [5.41, 5.74) is 28.9. The number of halogens is 3. The standard InChI is InChI=1S/C33H36N4O3.C30H30BrClN4O3S.C30H31BrN4O3S/c1-21(2)29(36(18-8-17-34)32(38)25-14-11-22(3)12-15-25)31-35-28-26-19-23(4)13-16-27(26)40-30(28)33(39)37(31)20-24-9-6-5-7-10-24;1-17(2)26(35(14-4-13-33)29(37)19-7-5-18(3)6-8-19)28-34-25-22-15-20(32)9-11-23(22)39-27(25)30(38)36(28)16-21-10-12-24(31)40-21;1-17(2)26(34(14-13-32)29(36)20-8-5-18(3)6-9-20)28-33-25-22-15-19(4)7-11-23(22)38-27(25)30(37)35(28)16-21-10-12-24(31)39-21/h5-7,9-16,19,21,29H,8,17-18,20,34H2,1-4H3;5-12,15,17,26H,4,13-14,16,33H2,1-3H3;5-12,15,17,26H,13-14,16,32H2,1-4H3. The first-order valence-electron chi connectivity index (χ1n) is 39.9. The number of aromatic nitrogens is 6. The fourth-order valence-corrected chi connectivity index (χ4v) is 18.4. The van der Waals surface area contributed by atoms with Crippen molar-refractivity contribution in [1.29, 1.82) is 0 Å². The number of fused-ring (bicyclic) bond motifs is 9. The van der Waals surface area contributed by atoms with Crippen LogP contribution in [0.3, 0.4) is 0 Å². The lowest BCUT2D eigenvalue weighted by Gasteiger charge is -2.35. The first-order chi connectivity index (χ1) is 57.1. The highest BCUT2D eigenvalue weighted by atomic mass is 79.9. The van der Waals surface area contributed by atoms with E-state index in [1.54, 1.807) is 59.5 Å². The molecule has 119 heavy (non-hydrogen) atoms. The van der Waals surface area contributed by atoms with Crippen molar-refractivity contribution >= 4 is 150 Å². The van der Waals surface area contributed by atoms with E-state index in [9.17, 15) is 28.8 Å². The molecule has 7 aromatic carbocycles. The average molecular weight is 1790 g/mol. The highest BCUT2D eigenvalue weighted by molar-refractivity contribution is 9.11. The van der Waals surface area contributed by atoms with Crippen molar-refractivity contribution in [2.75, 3.05) is 39.3 Å². The minimum atomic E-state index is -0.509. The van der Waals surface area contributed by atoms with Gasteiger partial charge in [-0.3, -0.25) is 42.5 Å². The molecule has 0 radical (unpaired) electrons. The topological polar surface area (TPSA) is 283 Å². The lowest BCUT2D eigenvalue weighted by atomic mass is 9.98. The van der Waals surface area contributed by atoms with E-state index in [0.717, 1.165) is 61.5 Å². The van der Waals surface area contributed by atoms with Gasteiger partial charge < -0.3 is 45.2 Å². The summed E-state index contributed by atoms with van der Waals surface area (Å²) in [5, 5.41) is 2.76. The normalized spacial score (nSPS) is 12.4. The Balaban J connectivity index is 0.000000155. The molecule has 15 rings (SSSR count). The fourth-order valence-electron chi connectivity index (χ4n) is 15.3. The third-order valence-corrected chi connectivity index (χ3v) is 24.6. The summed E-state index contributed by atoms with van der Waals surface area (Å²) in [6, 6.07) is 55.7. The van der Waals surface area contributed by atoms with Crippen molar-refractivity contribution in [3.05, 3.63) is 303 Å². The third kappa shape index (κ3) is 18.9. The van der Waals surface area contributed by atoms with Crippen LogP contribution in [-0.2, 0) is 19.6 Å². The number of amides is 3. The average Bonchev–Trinajstić information content (AvgIpc) is 1.63. The molecule has 8 heterocycles. The van der Waals surface area contributed by atoms with Gasteiger partial charge in [0.15, 0.2) is 0 Å². The molecular formula is C93H97Br2ClN12O9S2. The van der Waals surface area contributed by atoms with Crippen LogP contribution in [0, 0.1) is 52.4 Å². The maximum Gasteiger partial charge on any atom is 0.297 e. The van der Waals surface area contributed by atoms with Crippen LogP contribution < -0.4 is 33.9 Å². The number of rotatable bonds is 26. The number of carbonyl (C=O) groups excluding carboxylic acids is 3. The minimum absolute atomic E-state index is 0.0431. The van der Waals surface area contributed by atoms with Crippen molar-refractivity contribution in [3.63, 3.8) is 0 Å². The summed E-state index contributed by atoms with van der Waals surface area (Å²) in [6.45, 7) is 25.5. The SMILES string of the molecule is Cc1ccc(C(=O)N(CCCN)C(c2nc3c(oc4ccc(C)cc43)c(=O)n2Cc2ccccc2)C(C)C)cc1.Cc1ccc(C(=O)N(CCCN)C(c2nc3c(oc4ccc(Cl)cc43)c(=O)n2Cc2ccc(Br)s2)C(C)C)cc1.Cc1ccc(C(=O)N(CCN)C(c2nc3c(oc4ccc(C)cc43)c(=O)n2Cc2ccc(Br)s2)C(C)C)cc1. The van der Waals surface area contributed by atoms with Crippen LogP contribution in [0.5, 0.6) is 0 Å². The van der Waals surface area contributed by atoms with E-state index >= 15 is 0 Å². The smallest absolute Gasteiger partial charge is 0.297 e. The van der Waals surface area contributed by atoms with Gasteiger partial charge in [-0.1, -0.05) is 160 Å². The molecule has 3 amide bonds. The van der Waals surface area contributed by atoms with Gasteiger partial charge in [-0.15, -0.1) is 22.7 Å². The summed E-state index contributed by atoms with van der Waals surface area (Å²) in [4.78, 5) is 107. The predicted molar refractivity (Wildman–Crippen MR) is 485 cm³/mol. The minimum Gasteiger partial charge on any atom is -0.448 e. The maximum atomic E-state index is 14.2. The second-order valence-corrected chi connectivity index (χ2v) is 36.7. The lowest BCUT2D eigenvalue weighted by Crippen LogP contribution is -2.43. The molecule has 0 fully saturated rings. The largest absolute Gasteiger partial charge is 0.448 e. The Morgan fingerprint density at radius 1 is 0.412 bits per heavy atom. The van der Waals surface area contributed by atoms with Gasteiger partial charge in [-0.2, -0.15) is 0 Å². The van der Waals surface area contributed by atoms with E-state index in [0.29, 0.717) is 137 Å². The van der Waals surface area contributed by atoms with Crippen LogP contribution in [-0.4, -0.2) is 100 Å². The molecule has 0 aliphatic heterocycles. The second kappa shape index (κ2) is 37.9.